The molecule has 0 aliphatic carbocycles. The van der Waals surface area contributed by atoms with Crippen molar-refractivity contribution < 1.29 is 0 Å². The average Bonchev–Trinajstić information content (AvgIpc) is 2.00. The van der Waals surface area contributed by atoms with Crippen LogP contribution in [0.15, 0.2) is 0 Å². The fourth-order valence-corrected chi connectivity index (χ4v) is 1.21. The first-order valence-corrected chi connectivity index (χ1v) is 4.53. The van der Waals surface area contributed by atoms with Gasteiger partial charge in [0.1, 0.15) is 0 Å². The topological polar surface area (TPSA) is 104 Å². The molecule has 2 unspecified atom stereocenters. The van der Waals surface area contributed by atoms with Crippen LogP contribution in [0.1, 0.15) is 26.2 Å². The van der Waals surface area contributed by atoms with Crippen LogP contribution in [0, 0.1) is 5.92 Å². The van der Waals surface area contributed by atoms with Gasteiger partial charge in [0.15, 0.2) is 0 Å². The molecule has 74 valence electrons. The molecular formula is C8H22N4. The normalized spacial score (nSPS) is 16.5. The van der Waals surface area contributed by atoms with Crippen LogP contribution < -0.4 is 22.9 Å². The lowest BCUT2D eigenvalue weighted by Gasteiger charge is -2.16. The molecule has 0 spiro atoms. The molecule has 0 aromatic heterocycles. The van der Waals surface area contributed by atoms with Crippen molar-refractivity contribution in [2.75, 3.05) is 6.54 Å². The Labute approximate surface area is 74.7 Å². The molecule has 0 heterocycles. The van der Waals surface area contributed by atoms with E-state index in [9.17, 15) is 0 Å². The maximum Gasteiger partial charge on any atom is 0.0520 e. The molecule has 0 aromatic carbocycles. The van der Waals surface area contributed by atoms with E-state index in [4.69, 9.17) is 22.9 Å². The van der Waals surface area contributed by atoms with E-state index in [1.807, 2.05) is 0 Å². The van der Waals surface area contributed by atoms with Crippen LogP contribution in [-0.4, -0.2) is 18.8 Å². The predicted molar refractivity (Wildman–Crippen MR) is 52.2 cm³/mol. The van der Waals surface area contributed by atoms with Crippen molar-refractivity contribution in [3.05, 3.63) is 0 Å². The lowest BCUT2D eigenvalue weighted by Crippen LogP contribution is -2.33. The third-order valence-electron chi connectivity index (χ3n) is 2.00. The second kappa shape index (κ2) is 6.37. The standard InChI is InChI=1S/C8H22N4/c1-6(2-3-8(11)12)4-7(10)5-9/h6-8H,2-5,9-12H2,1H3. The van der Waals surface area contributed by atoms with Gasteiger partial charge in [0.25, 0.3) is 0 Å². The maximum atomic E-state index is 5.69. The lowest BCUT2D eigenvalue weighted by atomic mass is 9.97. The number of hydrogen-bond donors (Lipinski definition) is 4. The Morgan fingerprint density at radius 3 is 2.08 bits per heavy atom. The SMILES string of the molecule is CC(CCC(N)N)CC(N)CN. The molecule has 0 radical (unpaired) electrons. The van der Waals surface area contributed by atoms with Gasteiger partial charge in [-0.05, 0) is 25.2 Å². The van der Waals surface area contributed by atoms with Crippen LogP contribution >= 0.6 is 0 Å². The van der Waals surface area contributed by atoms with Gasteiger partial charge in [-0.2, -0.15) is 0 Å². The largest absolute Gasteiger partial charge is 0.329 e. The van der Waals surface area contributed by atoms with Gasteiger partial charge >= 0.3 is 0 Å². The minimum absolute atomic E-state index is 0.119. The molecular weight excluding hydrogens is 152 g/mol. The van der Waals surface area contributed by atoms with Gasteiger partial charge in [0.05, 0.1) is 6.17 Å². The lowest BCUT2D eigenvalue weighted by molar-refractivity contribution is 0.412. The second-order valence-electron chi connectivity index (χ2n) is 3.58. The second-order valence-corrected chi connectivity index (χ2v) is 3.58. The molecule has 0 aliphatic rings. The van der Waals surface area contributed by atoms with Crippen molar-refractivity contribution >= 4 is 0 Å². The molecule has 0 aromatic rings. The summed E-state index contributed by atoms with van der Waals surface area (Å²) >= 11 is 0. The summed E-state index contributed by atoms with van der Waals surface area (Å²) in [5.74, 6) is 0.568. The maximum absolute atomic E-state index is 5.69. The summed E-state index contributed by atoms with van der Waals surface area (Å²) in [6, 6.07) is 0.119. The van der Waals surface area contributed by atoms with E-state index in [2.05, 4.69) is 6.92 Å². The molecule has 0 rings (SSSR count). The number of rotatable bonds is 6. The Bertz CT molecular complexity index is 105. The van der Waals surface area contributed by atoms with Crippen molar-refractivity contribution in [1.82, 2.24) is 0 Å². The van der Waals surface area contributed by atoms with Crippen molar-refractivity contribution in [1.29, 1.82) is 0 Å². The fraction of sp³-hybridized carbons (Fsp3) is 1.00. The molecule has 0 fully saturated rings. The monoisotopic (exact) mass is 174 g/mol. The first-order chi connectivity index (χ1) is 5.56. The molecule has 0 amide bonds. The smallest absolute Gasteiger partial charge is 0.0520 e. The van der Waals surface area contributed by atoms with E-state index in [0.29, 0.717) is 12.5 Å². The molecule has 12 heavy (non-hydrogen) atoms. The quantitative estimate of drug-likeness (QED) is 0.400. The van der Waals surface area contributed by atoms with Crippen molar-refractivity contribution in [2.45, 2.75) is 38.4 Å². The Balaban J connectivity index is 3.39. The highest BCUT2D eigenvalue weighted by atomic mass is 14.8. The first-order valence-electron chi connectivity index (χ1n) is 4.53. The summed E-state index contributed by atoms with van der Waals surface area (Å²) in [5, 5.41) is 0. The minimum atomic E-state index is -0.193. The molecule has 0 saturated carbocycles. The summed E-state index contributed by atoms with van der Waals surface area (Å²) in [6.07, 6.45) is 2.66. The van der Waals surface area contributed by atoms with Crippen LogP contribution in [0.3, 0.4) is 0 Å². The van der Waals surface area contributed by atoms with Crippen LogP contribution in [0.25, 0.3) is 0 Å². The highest BCUT2D eigenvalue weighted by Crippen LogP contribution is 2.11. The van der Waals surface area contributed by atoms with Gasteiger partial charge in [-0.15, -0.1) is 0 Å². The zero-order valence-corrected chi connectivity index (χ0v) is 7.87. The van der Waals surface area contributed by atoms with E-state index >= 15 is 0 Å². The van der Waals surface area contributed by atoms with Crippen LogP contribution in [0.4, 0.5) is 0 Å². The summed E-state index contributed by atoms with van der Waals surface area (Å²) < 4.78 is 0. The van der Waals surface area contributed by atoms with E-state index in [0.717, 1.165) is 19.3 Å². The van der Waals surface area contributed by atoms with Crippen LogP contribution in [0.2, 0.25) is 0 Å². The summed E-state index contributed by atoms with van der Waals surface area (Å²) in [7, 11) is 0. The summed E-state index contributed by atoms with van der Waals surface area (Å²) in [4.78, 5) is 0. The molecule has 0 saturated heterocycles. The van der Waals surface area contributed by atoms with Gasteiger partial charge in [-0.1, -0.05) is 6.92 Å². The predicted octanol–water partition coefficient (Wildman–Crippen LogP) is -0.678. The van der Waals surface area contributed by atoms with E-state index in [1.165, 1.54) is 0 Å². The van der Waals surface area contributed by atoms with E-state index in [-0.39, 0.29) is 12.2 Å². The third-order valence-corrected chi connectivity index (χ3v) is 2.00. The Hall–Kier alpha value is -0.160. The molecule has 8 N–H and O–H groups in total. The number of nitrogens with two attached hydrogens (primary N) is 4. The molecule has 2 atom stereocenters. The highest BCUT2D eigenvalue weighted by molar-refractivity contribution is 4.67. The van der Waals surface area contributed by atoms with E-state index in [1.54, 1.807) is 0 Å². The molecule has 0 aliphatic heterocycles. The van der Waals surface area contributed by atoms with Crippen molar-refractivity contribution in [2.24, 2.45) is 28.9 Å². The Morgan fingerprint density at radius 2 is 1.67 bits per heavy atom. The van der Waals surface area contributed by atoms with Gasteiger partial charge in [0, 0.05) is 12.6 Å². The van der Waals surface area contributed by atoms with Gasteiger partial charge in [-0.3, -0.25) is 0 Å². The van der Waals surface area contributed by atoms with Crippen molar-refractivity contribution in [3.63, 3.8) is 0 Å². The zero-order chi connectivity index (χ0) is 9.56. The third kappa shape index (κ3) is 6.54. The van der Waals surface area contributed by atoms with Gasteiger partial charge in [0.2, 0.25) is 0 Å². The highest BCUT2D eigenvalue weighted by Gasteiger charge is 2.08. The molecule has 4 heteroatoms. The summed E-state index contributed by atoms with van der Waals surface area (Å²) in [6.45, 7) is 2.71. The zero-order valence-electron chi connectivity index (χ0n) is 7.87. The number of hydrogen-bond acceptors (Lipinski definition) is 4. The van der Waals surface area contributed by atoms with Crippen LogP contribution in [0.5, 0.6) is 0 Å². The Morgan fingerprint density at radius 1 is 1.08 bits per heavy atom. The van der Waals surface area contributed by atoms with Crippen LogP contribution in [-0.2, 0) is 0 Å². The molecule has 4 nitrogen and oxygen atoms in total. The van der Waals surface area contributed by atoms with Crippen molar-refractivity contribution in [3.8, 4) is 0 Å². The van der Waals surface area contributed by atoms with E-state index < -0.39 is 0 Å². The minimum Gasteiger partial charge on any atom is -0.329 e. The Kier molecular flexibility index (Phi) is 6.28. The van der Waals surface area contributed by atoms with Gasteiger partial charge < -0.3 is 22.9 Å². The summed E-state index contributed by atoms with van der Waals surface area (Å²) in [5.41, 5.74) is 21.9. The van der Waals surface area contributed by atoms with Gasteiger partial charge in [-0.25, -0.2) is 0 Å². The first kappa shape index (κ1) is 11.8. The fourth-order valence-electron chi connectivity index (χ4n) is 1.21. The average molecular weight is 174 g/mol. The molecule has 0 bridgehead atoms.